The summed E-state index contributed by atoms with van der Waals surface area (Å²) >= 11 is 0. The zero-order chi connectivity index (χ0) is 20.3. The summed E-state index contributed by atoms with van der Waals surface area (Å²) in [7, 11) is -2.71. The predicted octanol–water partition coefficient (Wildman–Crippen LogP) is 4.31. The number of carboxylic acid groups (broad SMARTS) is 1. The third-order valence-electron chi connectivity index (χ3n) is 5.77. The lowest BCUT2D eigenvalue weighted by atomic mass is 9.80. The van der Waals surface area contributed by atoms with Crippen LogP contribution in [0.4, 0.5) is 0 Å². The molecule has 2 rings (SSSR count). The highest BCUT2D eigenvalue weighted by Crippen LogP contribution is 2.39. The number of aliphatic carboxylic acids is 1. The van der Waals surface area contributed by atoms with E-state index in [0.29, 0.717) is 0 Å². The highest BCUT2D eigenvalue weighted by molar-refractivity contribution is 6.99. The molecule has 146 valence electrons. The normalized spacial score (nSPS) is 14.8. The van der Waals surface area contributed by atoms with Gasteiger partial charge in [0.1, 0.15) is 0 Å². The van der Waals surface area contributed by atoms with Crippen LogP contribution in [0.2, 0.25) is 5.04 Å². The van der Waals surface area contributed by atoms with Crippen molar-refractivity contribution in [3.05, 3.63) is 60.7 Å². The van der Waals surface area contributed by atoms with E-state index in [1.165, 1.54) is 10.4 Å². The molecule has 0 amide bonds. The van der Waals surface area contributed by atoms with Crippen LogP contribution in [-0.2, 0) is 9.22 Å². The highest BCUT2D eigenvalue weighted by atomic mass is 28.4. The first-order valence-electron chi connectivity index (χ1n) is 9.54. The Labute approximate surface area is 164 Å². The maximum atomic E-state index is 12.0. The molecule has 0 heterocycles. The van der Waals surface area contributed by atoms with Gasteiger partial charge in [0.25, 0.3) is 8.32 Å². The van der Waals surface area contributed by atoms with E-state index in [9.17, 15) is 9.90 Å². The Bertz CT molecular complexity index is 711. The minimum Gasteiger partial charge on any atom is -0.481 e. The van der Waals surface area contributed by atoms with E-state index in [1.807, 2.05) is 50.2 Å². The van der Waals surface area contributed by atoms with E-state index in [1.54, 1.807) is 6.92 Å². The molecule has 2 aromatic rings. The van der Waals surface area contributed by atoms with Crippen molar-refractivity contribution in [3.63, 3.8) is 0 Å². The minimum absolute atomic E-state index is 0.0341. The summed E-state index contributed by atoms with van der Waals surface area (Å²) in [6.07, 6.45) is 0. The first-order valence-corrected chi connectivity index (χ1v) is 11.4. The second-order valence-corrected chi connectivity index (χ2v) is 13.1. The SMILES string of the molecule is CC(C)[C@@](C)(CO[Si](c1ccccc1)(c1ccccc1)C(C)(C)C)C(=O)O. The number of carbonyl (C=O) groups is 1. The number of carboxylic acids is 1. The van der Waals surface area contributed by atoms with Crippen molar-refractivity contribution in [2.45, 2.75) is 46.6 Å². The number of rotatable bonds is 7. The molecule has 0 fully saturated rings. The van der Waals surface area contributed by atoms with Gasteiger partial charge in [0.05, 0.1) is 12.0 Å². The molecule has 3 nitrogen and oxygen atoms in total. The maximum Gasteiger partial charge on any atom is 0.311 e. The molecule has 0 saturated heterocycles. The molecule has 27 heavy (non-hydrogen) atoms. The van der Waals surface area contributed by atoms with E-state index in [4.69, 9.17) is 4.43 Å². The van der Waals surface area contributed by atoms with Gasteiger partial charge in [0.2, 0.25) is 0 Å². The fourth-order valence-electron chi connectivity index (χ4n) is 3.50. The number of benzene rings is 2. The molecule has 2 aromatic carbocycles. The summed E-state index contributed by atoms with van der Waals surface area (Å²) in [6.45, 7) is 12.5. The Morgan fingerprint density at radius 2 is 1.33 bits per heavy atom. The Morgan fingerprint density at radius 3 is 1.63 bits per heavy atom. The average molecular weight is 385 g/mol. The number of hydrogen-bond acceptors (Lipinski definition) is 2. The second-order valence-electron chi connectivity index (χ2n) is 8.83. The van der Waals surface area contributed by atoms with Crippen molar-refractivity contribution in [3.8, 4) is 0 Å². The second kappa shape index (κ2) is 7.99. The maximum absolute atomic E-state index is 12.0. The van der Waals surface area contributed by atoms with Gasteiger partial charge in [-0.15, -0.1) is 0 Å². The van der Waals surface area contributed by atoms with Crippen LogP contribution in [0, 0.1) is 11.3 Å². The molecule has 0 bridgehead atoms. The monoisotopic (exact) mass is 384 g/mol. The summed E-state index contributed by atoms with van der Waals surface area (Å²) in [6, 6.07) is 20.6. The van der Waals surface area contributed by atoms with Crippen molar-refractivity contribution in [2.75, 3.05) is 6.61 Å². The predicted molar refractivity (Wildman–Crippen MR) is 114 cm³/mol. The standard InChI is InChI=1S/C23H32O3Si/c1-18(2)23(6,21(24)25)17-26-27(22(3,4)5,19-13-9-7-10-14-19)20-15-11-8-12-16-20/h7-16,18H,17H2,1-6H3,(H,24,25)/t23-/m1/s1. The zero-order valence-corrected chi connectivity index (χ0v) is 18.3. The molecule has 0 aliphatic heterocycles. The largest absolute Gasteiger partial charge is 0.481 e. The third-order valence-corrected chi connectivity index (χ3v) is 10.8. The van der Waals surface area contributed by atoms with Crippen LogP contribution >= 0.6 is 0 Å². The minimum atomic E-state index is -2.71. The fourth-order valence-corrected chi connectivity index (χ4v) is 8.17. The summed E-state index contributed by atoms with van der Waals surface area (Å²) in [5, 5.41) is 12.1. The van der Waals surface area contributed by atoms with Crippen LogP contribution in [0.25, 0.3) is 0 Å². The summed E-state index contributed by atoms with van der Waals surface area (Å²) in [5.74, 6) is -0.844. The summed E-state index contributed by atoms with van der Waals surface area (Å²) in [4.78, 5) is 12.0. The lowest BCUT2D eigenvalue weighted by Crippen LogP contribution is -2.67. The van der Waals surface area contributed by atoms with Crippen LogP contribution in [0.15, 0.2) is 60.7 Å². The summed E-state index contributed by atoms with van der Waals surface area (Å²) < 4.78 is 6.81. The van der Waals surface area contributed by atoms with Crippen LogP contribution in [0.1, 0.15) is 41.5 Å². The summed E-state index contributed by atoms with van der Waals surface area (Å²) in [5.41, 5.74) is -0.937. The van der Waals surface area contributed by atoms with Crippen molar-refractivity contribution in [1.29, 1.82) is 0 Å². The molecule has 0 aliphatic rings. The average Bonchev–Trinajstić information content (AvgIpc) is 2.62. The first-order chi connectivity index (χ1) is 12.6. The Kier molecular flexibility index (Phi) is 6.33. The van der Waals surface area contributed by atoms with E-state index >= 15 is 0 Å². The van der Waals surface area contributed by atoms with Gasteiger partial charge in [-0.2, -0.15) is 0 Å². The van der Waals surface area contributed by atoms with Gasteiger partial charge in [0, 0.05) is 0 Å². The molecule has 1 atom stereocenters. The van der Waals surface area contributed by atoms with Gasteiger partial charge in [-0.1, -0.05) is 95.3 Å². The Balaban J connectivity index is 2.65. The molecule has 0 aliphatic carbocycles. The molecular weight excluding hydrogens is 352 g/mol. The van der Waals surface area contributed by atoms with Crippen LogP contribution < -0.4 is 10.4 Å². The van der Waals surface area contributed by atoms with Crippen molar-refractivity contribution < 1.29 is 14.3 Å². The topological polar surface area (TPSA) is 46.5 Å². The lowest BCUT2D eigenvalue weighted by molar-refractivity contribution is -0.153. The van der Waals surface area contributed by atoms with E-state index < -0.39 is 19.7 Å². The number of hydrogen-bond donors (Lipinski definition) is 1. The van der Waals surface area contributed by atoms with Gasteiger partial charge in [-0.25, -0.2) is 0 Å². The fraction of sp³-hybridized carbons (Fsp3) is 0.435. The van der Waals surface area contributed by atoms with Crippen LogP contribution in [0.3, 0.4) is 0 Å². The van der Waals surface area contributed by atoms with Gasteiger partial charge in [-0.3, -0.25) is 4.79 Å². The van der Waals surface area contributed by atoms with Crippen LogP contribution in [0.5, 0.6) is 0 Å². The van der Waals surface area contributed by atoms with Crippen molar-refractivity contribution in [1.82, 2.24) is 0 Å². The molecule has 0 aromatic heterocycles. The smallest absolute Gasteiger partial charge is 0.311 e. The van der Waals surface area contributed by atoms with E-state index in [-0.39, 0.29) is 17.6 Å². The van der Waals surface area contributed by atoms with Crippen molar-refractivity contribution in [2.24, 2.45) is 11.3 Å². The molecule has 0 radical (unpaired) electrons. The molecule has 1 N–H and O–H groups in total. The van der Waals surface area contributed by atoms with Gasteiger partial charge < -0.3 is 9.53 Å². The molecule has 0 unspecified atom stereocenters. The quantitative estimate of drug-likeness (QED) is 0.724. The molecule has 4 heteroatoms. The van der Waals surface area contributed by atoms with E-state index in [0.717, 1.165) is 0 Å². The zero-order valence-electron chi connectivity index (χ0n) is 17.3. The lowest BCUT2D eigenvalue weighted by Gasteiger charge is -2.45. The van der Waals surface area contributed by atoms with Gasteiger partial charge in [0.15, 0.2) is 0 Å². The van der Waals surface area contributed by atoms with E-state index in [2.05, 4.69) is 45.0 Å². The highest BCUT2D eigenvalue weighted by Gasteiger charge is 2.52. The van der Waals surface area contributed by atoms with Crippen LogP contribution in [-0.4, -0.2) is 26.0 Å². The third kappa shape index (κ3) is 4.02. The first kappa shape index (κ1) is 21.4. The van der Waals surface area contributed by atoms with Gasteiger partial charge in [-0.05, 0) is 28.3 Å². The molecular formula is C23H32O3Si. The Morgan fingerprint density at radius 1 is 0.926 bits per heavy atom. The Hall–Kier alpha value is -1.91. The van der Waals surface area contributed by atoms with Gasteiger partial charge >= 0.3 is 5.97 Å². The molecule has 0 spiro atoms. The molecule has 0 saturated carbocycles. The van der Waals surface area contributed by atoms with Crippen molar-refractivity contribution >= 4 is 24.7 Å².